The lowest BCUT2D eigenvalue weighted by Crippen LogP contribution is -2.31. The molecule has 15 heavy (non-hydrogen) atoms. The Labute approximate surface area is 88.6 Å². The van der Waals surface area contributed by atoms with E-state index in [1.54, 1.807) is 0 Å². The highest BCUT2D eigenvalue weighted by atomic mass is 32.2. The smallest absolute Gasteiger partial charge is 0.407 e. The van der Waals surface area contributed by atoms with Crippen LogP contribution in [0.5, 0.6) is 0 Å². The van der Waals surface area contributed by atoms with E-state index in [4.69, 9.17) is 5.11 Å². The molecule has 0 aliphatic carbocycles. The lowest BCUT2D eigenvalue weighted by molar-refractivity contribution is 0.154. The van der Waals surface area contributed by atoms with Crippen molar-refractivity contribution >= 4 is 16.1 Å². The normalized spacial score (nSPS) is 21.6. The van der Waals surface area contributed by atoms with E-state index in [-0.39, 0.29) is 12.5 Å². The Balaban J connectivity index is 2.37. The molecule has 0 aromatic heterocycles. The summed E-state index contributed by atoms with van der Waals surface area (Å²) in [5.41, 5.74) is 0. The molecular formula is C8H14N2O4S. The van der Waals surface area contributed by atoms with Gasteiger partial charge in [0.1, 0.15) is 0 Å². The third-order valence-electron chi connectivity index (χ3n) is 2.35. The zero-order chi connectivity index (χ0) is 11.5. The summed E-state index contributed by atoms with van der Waals surface area (Å²) in [5.74, 6) is 0.0517. The molecule has 0 saturated carbocycles. The maximum atomic E-state index is 11.0. The van der Waals surface area contributed by atoms with E-state index in [2.05, 4.69) is 11.3 Å². The fourth-order valence-corrected chi connectivity index (χ4v) is 2.05. The minimum Gasteiger partial charge on any atom is -0.465 e. The van der Waals surface area contributed by atoms with Crippen LogP contribution in [0.3, 0.4) is 0 Å². The number of hydrogen-bond acceptors (Lipinski definition) is 3. The Morgan fingerprint density at radius 3 is 2.80 bits per heavy atom. The van der Waals surface area contributed by atoms with Crippen molar-refractivity contribution in [3.05, 3.63) is 12.0 Å². The van der Waals surface area contributed by atoms with Crippen LogP contribution in [0.2, 0.25) is 0 Å². The first-order valence-corrected chi connectivity index (χ1v) is 6.09. The maximum absolute atomic E-state index is 11.0. The van der Waals surface area contributed by atoms with Crippen molar-refractivity contribution < 1.29 is 18.3 Å². The average molecular weight is 234 g/mol. The van der Waals surface area contributed by atoms with E-state index in [1.165, 1.54) is 4.90 Å². The molecule has 6 nitrogen and oxygen atoms in total. The van der Waals surface area contributed by atoms with E-state index in [1.807, 2.05) is 0 Å². The molecule has 2 N–H and O–H groups in total. The summed E-state index contributed by atoms with van der Waals surface area (Å²) in [7, 11) is -3.40. The van der Waals surface area contributed by atoms with Crippen molar-refractivity contribution in [2.24, 2.45) is 5.92 Å². The number of hydrogen-bond donors (Lipinski definition) is 2. The van der Waals surface area contributed by atoms with Crippen molar-refractivity contribution in [2.45, 2.75) is 6.42 Å². The molecule has 1 aliphatic heterocycles. The van der Waals surface area contributed by atoms with Gasteiger partial charge in [-0.2, -0.15) is 0 Å². The molecular weight excluding hydrogens is 220 g/mol. The number of carboxylic acid groups (broad SMARTS) is 1. The van der Waals surface area contributed by atoms with E-state index >= 15 is 0 Å². The molecule has 0 radical (unpaired) electrons. The molecule has 0 bridgehead atoms. The Morgan fingerprint density at radius 2 is 2.33 bits per heavy atom. The standard InChI is InChI=1S/C8H14N2O4S/c1-2-15(13,14)9-5-7-3-4-10(6-7)8(11)12/h2,7,9H,1,3-6H2,(H,11,12)/t7-/m1/s1. The zero-order valence-corrected chi connectivity index (χ0v) is 9.03. The third kappa shape index (κ3) is 3.52. The Hall–Kier alpha value is -1.08. The highest BCUT2D eigenvalue weighted by molar-refractivity contribution is 7.92. The molecule has 0 aromatic carbocycles. The second-order valence-electron chi connectivity index (χ2n) is 3.44. The molecule has 1 saturated heterocycles. The van der Waals surface area contributed by atoms with Gasteiger partial charge >= 0.3 is 6.09 Å². The van der Waals surface area contributed by atoms with Crippen LogP contribution in [0.25, 0.3) is 0 Å². The molecule has 1 aliphatic rings. The van der Waals surface area contributed by atoms with Gasteiger partial charge in [0.05, 0.1) is 0 Å². The topological polar surface area (TPSA) is 86.7 Å². The second kappa shape index (κ2) is 4.63. The third-order valence-corrected chi connectivity index (χ3v) is 3.36. The fraction of sp³-hybridized carbons (Fsp3) is 0.625. The fourth-order valence-electron chi connectivity index (χ4n) is 1.47. The first-order valence-electron chi connectivity index (χ1n) is 4.54. The second-order valence-corrected chi connectivity index (χ2v) is 5.16. The van der Waals surface area contributed by atoms with Crippen LogP contribution < -0.4 is 4.72 Å². The average Bonchev–Trinajstić information content (AvgIpc) is 2.63. The van der Waals surface area contributed by atoms with Crippen LogP contribution in [-0.4, -0.2) is 44.2 Å². The SMILES string of the molecule is C=CS(=O)(=O)NC[C@H]1CCN(C(=O)O)C1. The number of carbonyl (C=O) groups is 1. The minimum atomic E-state index is -3.40. The van der Waals surface area contributed by atoms with Crippen molar-refractivity contribution in [2.75, 3.05) is 19.6 Å². The van der Waals surface area contributed by atoms with Gasteiger partial charge < -0.3 is 10.0 Å². The molecule has 1 fully saturated rings. The van der Waals surface area contributed by atoms with E-state index in [9.17, 15) is 13.2 Å². The monoisotopic (exact) mass is 234 g/mol. The van der Waals surface area contributed by atoms with E-state index in [0.29, 0.717) is 19.5 Å². The van der Waals surface area contributed by atoms with Gasteiger partial charge in [-0.1, -0.05) is 6.58 Å². The van der Waals surface area contributed by atoms with Gasteiger partial charge in [0.2, 0.25) is 10.0 Å². The quantitative estimate of drug-likeness (QED) is 0.719. The van der Waals surface area contributed by atoms with Crippen molar-refractivity contribution in [3.63, 3.8) is 0 Å². The van der Waals surface area contributed by atoms with Gasteiger partial charge in [-0.3, -0.25) is 0 Å². The predicted molar refractivity (Wildman–Crippen MR) is 54.8 cm³/mol. The highest BCUT2D eigenvalue weighted by Crippen LogP contribution is 2.15. The number of nitrogens with one attached hydrogen (secondary N) is 1. The van der Waals surface area contributed by atoms with Crippen LogP contribution in [0.15, 0.2) is 12.0 Å². The molecule has 86 valence electrons. The molecule has 0 aromatic rings. The zero-order valence-electron chi connectivity index (χ0n) is 8.22. The first-order chi connectivity index (χ1) is 6.94. The summed E-state index contributed by atoms with van der Waals surface area (Å²) in [6.07, 6.45) is -0.268. The molecule has 1 atom stereocenters. The van der Waals surface area contributed by atoms with Crippen molar-refractivity contribution in [3.8, 4) is 0 Å². The van der Waals surface area contributed by atoms with Crippen molar-refractivity contribution in [1.82, 2.24) is 9.62 Å². The largest absolute Gasteiger partial charge is 0.465 e. The van der Waals surface area contributed by atoms with Crippen LogP contribution >= 0.6 is 0 Å². The Bertz CT molecular complexity index is 352. The number of amides is 1. The van der Waals surface area contributed by atoms with Gasteiger partial charge in [0.15, 0.2) is 0 Å². The van der Waals surface area contributed by atoms with Crippen LogP contribution in [0, 0.1) is 5.92 Å². The molecule has 0 unspecified atom stereocenters. The van der Waals surface area contributed by atoms with Crippen molar-refractivity contribution in [1.29, 1.82) is 0 Å². The number of rotatable bonds is 4. The number of likely N-dealkylation sites (tertiary alicyclic amines) is 1. The van der Waals surface area contributed by atoms with Crippen LogP contribution in [-0.2, 0) is 10.0 Å². The highest BCUT2D eigenvalue weighted by Gasteiger charge is 2.26. The molecule has 1 rings (SSSR count). The Morgan fingerprint density at radius 1 is 1.67 bits per heavy atom. The summed E-state index contributed by atoms with van der Waals surface area (Å²) >= 11 is 0. The molecule has 1 amide bonds. The van der Waals surface area contributed by atoms with E-state index in [0.717, 1.165) is 5.41 Å². The summed E-state index contributed by atoms with van der Waals surface area (Å²) in [4.78, 5) is 11.9. The lowest BCUT2D eigenvalue weighted by atomic mass is 10.1. The summed E-state index contributed by atoms with van der Waals surface area (Å²) in [5, 5.41) is 9.52. The minimum absolute atomic E-state index is 0.0517. The van der Waals surface area contributed by atoms with Gasteiger partial charge in [-0.15, -0.1) is 0 Å². The summed E-state index contributed by atoms with van der Waals surface area (Å²) in [6.45, 7) is 4.28. The van der Waals surface area contributed by atoms with E-state index < -0.39 is 16.1 Å². The van der Waals surface area contributed by atoms with Gasteiger partial charge in [0, 0.05) is 25.0 Å². The number of sulfonamides is 1. The lowest BCUT2D eigenvalue weighted by Gasteiger charge is -2.12. The van der Waals surface area contributed by atoms with Gasteiger partial charge in [-0.25, -0.2) is 17.9 Å². The molecule has 0 spiro atoms. The maximum Gasteiger partial charge on any atom is 0.407 e. The summed E-state index contributed by atoms with van der Waals surface area (Å²) in [6, 6.07) is 0. The van der Waals surface area contributed by atoms with Gasteiger partial charge in [0.25, 0.3) is 0 Å². The molecule has 7 heteroatoms. The van der Waals surface area contributed by atoms with Gasteiger partial charge in [-0.05, 0) is 12.3 Å². The predicted octanol–water partition coefficient (Wildman–Crippen LogP) is 0.0492. The number of nitrogens with zero attached hydrogens (tertiary/aromatic N) is 1. The summed E-state index contributed by atoms with van der Waals surface area (Å²) < 4.78 is 24.4. The Kier molecular flexibility index (Phi) is 3.70. The molecule has 1 heterocycles. The van der Waals surface area contributed by atoms with Crippen LogP contribution in [0.1, 0.15) is 6.42 Å². The van der Waals surface area contributed by atoms with Crippen LogP contribution in [0.4, 0.5) is 4.79 Å². The first kappa shape index (κ1) is 12.0.